The number of anilines is 1. The first-order valence-corrected chi connectivity index (χ1v) is 8.03. The Morgan fingerprint density at radius 1 is 1.33 bits per heavy atom. The van der Waals surface area contributed by atoms with Crippen molar-refractivity contribution in [3.8, 4) is 0 Å². The molecule has 1 amide bonds. The van der Waals surface area contributed by atoms with Crippen molar-refractivity contribution in [3.05, 3.63) is 28.8 Å². The average Bonchev–Trinajstić information content (AvgIpc) is 3.15. The van der Waals surface area contributed by atoms with E-state index in [1.807, 2.05) is 6.07 Å². The van der Waals surface area contributed by atoms with Crippen molar-refractivity contribution in [2.75, 3.05) is 18.0 Å². The van der Waals surface area contributed by atoms with Gasteiger partial charge in [0.2, 0.25) is 5.91 Å². The summed E-state index contributed by atoms with van der Waals surface area (Å²) < 4.78 is 0. The van der Waals surface area contributed by atoms with Crippen LogP contribution in [0.15, 0.2) is 18.2 Å². The van der Waals surface area contributed by atoms with Crippen LogP contribution in [0.4, 0.5) is 5.69 Å². The molecule has 2 aliphatic rings. The van der Waals surface area contributed by atoms with E-state index in [1.165, 1.54) is 24.1 Å². The van der Waals surface area contributed by atoms with Crippen molar-refractivity contribution >= 4 is 23.2 Å². The zero-order valence-corrected chi connectivity index (χ0v) is 13.1. The van der Waals surface area contributed by atoms with Crippen molar-refractivity contribution < 1.29 is 4.79 Å². The molecule has 1 saturated carbocycles. The Labute approximate surface area is 130 Å². The van der Waals surface area contributed by atoms with E-state index in [0.29, 0.717) is 6.04 Å². The number of halogens is 1. The van der Waals surface area contributed by atoms with Crippen molar-refractivity contribution in [1.82, 2.24) is 10.6 Å². The Morgan fingerprint density at radius 3 is 2.86 bits per heavy atom. The lowest BCUT2D eigenvalue weighted by molar-refractivity contribution is -0.119. The van der Waals surface area contributed by atoms with Gasteiger partial charge >= 0.3 is 0 Å². The van der Waals surface area contributed by atoms with Crippen molar-refractivity contribution in [1.29, 1.82) is 0 Å². The van der Waals surface area contributed by atoms with Gasteiger partial charge in [-0.1, -0.05) is 11.6 Å². The number of nitrogens with zero attached hydrogens (tertiary/aromatic N) is 1. The molecule has 1 aliphatic carbocycles. The Kier molecular flexibility index (Phi) is 4.36. The second-order valence-corrected chi connectivity index (χ2v) is 6.50. The van der Waals surface area contributed by atoms with E-state index < -0.39 is 0 Å². The van der Waals surface area contributed by atoms with Crippen molar-refractivity contribution in [2.45, 2.75) is 44.8 Å². The summed E-state index contributed by atoms with van der Waals surface area (Å²) in [6.07, 6.45) is 3.56. The first-order chi connectivity index (χ1) is 10.1. The van der Waals surface area contributed by atoms with E-state index in [0.717, 1.165) is 31.1 Å². The predicted octanol–water partition coefficient (Wildman–Crippen LogP) is 2.31. The fourth-order valence-corrected chi connectivity index (χ4v) is 3.12. The van der Waals surface area contributed by atoms with Crippen LogP contribution in [0.3, 0.4) is 0 Å². The molecule has 1 unspecified atom stereocenters. The highest BCUT2D eigenvalue weighted by Crippen LogP contribution is 2.28. The van der Waals surface area contributed by atoms with Crippen LogP contribution >= 0.6 is 11.6 Å². The van der Waals surface area contributed by atoms with Gasteiger partial charge in [0.1, 0.15) is 0 Å². The Bertz CT molecular complexity index is 530. The molecule has 1 atom stereocenters. The zero-order chi connectivity index (χ0) is 14.8. The molecule has 1 aromatic carbocycles. The van der Waals surface area contributed by atoms with Gasteiger partial charge in [0, 0.05) is 49.4 Å². The van der Waals surface area contributed by atoms with Crippen LogP contribution in [-0.2, 0) is 11.3 Å². The standard InChI is InChI=1S/C16H22ClN3O/c1-11(21)19-15-6-7-20(10-15)16-5-2-13(17)8-12(16)9-18-14-3-4-14/h2,5,8,14-15,18H,3-4,6-7,9-10H2,1H3,(H,19,21). The second-order valence-electron chi connectivity index (χ2n) is 6.06. The first kappa shape index (κ1) is 14.7. The van der Waals surface area contributed by atoms with Crippen LogP contribution in [-0.4, -0.2) is 31.1 Å². The number of hydrogen-bond acceptors (Lipinski definition) is 3. The molecule has 4 nitrogen and oxygen atoms in total. The molecule has 21 heavy (non-hydrogen) atoms. The van der Waals surface area contributed by atoms with E-state index in [9.17, 15) is 4.79 Å². The highest BCUT2D eigenvalue weighted by Gasteiger charge is 2.25. The van der Waals surface area contributed by atoms with Crippen LogP contribution in [0.1, 0.15) is 31.7 Å². The molecule has 5 heteroatoms. The molecule has 1 heterocycles. The smallest absolute Gasteiger partial charge is 0.217 e. The number of amides is 1. The maximum absolute atomic E-state index is 11.2. The van der Waals surface area contributed by atoms with Gasteiger partial charge in [-0.25, -0.2) is 0 Å². The highest BCUT2D eigenvalue weighted by atomic mass is 35.5. The van der Waals surface area contributed by atoms with Crippen LogP contribution in [0.2, 0.25) is 5.02 Å². The van der Waals surface area contributed by atoms with Gasteiger partial charge < -0.3 is 15.5 Å². The summed E-state index contributed by atoms with van der Waals surface area (Å²) >= 11 is 6.15. The molecule has 0 bridgehead atoms. The minimum atomic E-state index is 0.0496. The molecule has 3 rings (SSSR count). The van der Waals surface area contributed by atoms with E-state index in [4.69, 9.17) is 11.6 Å². The molecule has 2 N–H and O–H groups in total. The maximum Gasteiger partial charge on any atom is 0.217 e. The van der Waals surface area contributed by atoms with Gasteiger partial charge in [0.05, 0.1) is 0 Å². The van der Waals surface area contributed by atoms with E-state index in [-0.39, 0.29) is 11.9 Å². The van der Waals surface area contributed by atoms with Crippen LogP contribution < -0.4 is 15.5 Å². The number of carbonyl (C=O) groups is 1. The molecule has 1 aliphatic heterocycles. The predicted molar refractivity (Wildman–Crippen MR) is 85.7 cm³/mol. The summed E-state index contributed by atoms with van der Waals surface area (Å²) in [6.45, 7) is 4.29. The Morgan fingerprint density at radius 2 is 2.14 bits per heavy atom. The number of rotatable bonds is 5. The number of hydrogen-bond donors (Lipinski definition) is 2. The largest absolute Gasteiger partial charge is 0.369 e. The summed E-state index contributed by atoms with van der Waals surface area (Å²) in [5.41, 5.74) is 2.48. The first-order valence-electron chi connectivity index (χ1n) is 7.65. The van der Waals surface area contributed by atoms with Crippen molar-refractivity contribution in [3.63, 3.8) is 0 Å². The zero-order valence-electron chi connectivity index (χ0n) is 12.4. The fraction of sp³-hybridized carbons (Fsp3) is 0.562. The minimum absolute atomic E-state index is 0.0496. The van der Waals surface area contributed by atoms with Gasteiger partial charge in [-0.3, -0.25) is 4.79 Å². The van der Waals surface area contributed by atoms with Gasteiger partial charge in [0.25, 0.3) is 0 Å². The minimum Gasteiger partial charge on any atom is -0.369 e. The Balaban J connectivity index is 1.70. The van der Waals surface area contributed by atoms with E-state index >= 15 is 0 Å². The number of carbonyl (C=O) groups excluding carboxylic acids is 1. The highest BCUT2D eigenvalue weighted by molar-refractivity contribution is 6.30. The third-order valence-corrected chi connectivity index (χ3v) is 4.37. The number of benzene rings is 1. The summed E-state index contributed by atoms with van der Waals surface area (Å²) in [5.74, 6) is 0.0496. The van der Waals surface area contributed by atoms with E-state index in [1.54, 1.807) is 6.92 Å². The van der Waals surface area contributed by atoms with Crippen LogP contribution in [0.25, 0.3) is 0 Å². The lowest BCUT2D eigenvalue weighted by Gasteiger charge is -2.23. The molecule has 1 saturated heterocycles. The summed E-state index contributed by atoms with van der Waals surface area (Å²) in [5, 5.41) is 7.34. The lowest BCUT2D eigenvalue weighted by Crippen LogP contribution is -2.35. The molecule has 0 spiro atoms. The average molecular weight is 308 g/mol. The van der Waals surface area contributed by atoms with Crippen LogP contribution in [0.5, 0.6) is 0 Å². The number of nitrogens with one attached hydrogen (secondary N) is 2. The summed E-state index contributed by atoms with van der Waals surface area (Å²) in [4.78, 5) is 13.5. The van der Waals surface area contributed by atoms with Gasteiger partial charge in [0.15, 0.2) is 0 Å². The molecular formula is C16H22ClN3O. The third-order valence-electron chi connectivity index (χ3n) is 4.14. The normalized spacial score (nSPS) is 21.6. The monoisotopic (exact) mass is 307 g/mol. The molecular weight excluding hydrogens is 286 g/mol. The van der Waals surface area contributed by atoms with Crippen LogP contribution in [0, 0.1) is 0 Å². The second kappa shape index (κ2) is 6.24. The molecule has 114 valence electrons. The lowest BCUT2D eigenvalue weighted by atomic mass is 10.1. The molecule has 0 radical (unpaired) electrons. The molecule has 2 fully saturated rings. The van der Waals surface area contributed by atoms with Gasteiger partial charge in [-0.2, -0.15) is 0 Å². The van der Waals surface area contributed by atoms with Gasteiger partial charge in [-0.05, 0) is 43.0 Å². The molecule has 0 aromatic heterocycles. The fourth-order valence-electron chi connectivity index (χ4n) is 2.93. The SMILES string of the molecule is CC(=O)NC1CCN(c2ccc(Cl)cc2CNC2CC2)C1. The van der Waals surface area contributed by atoms with Crippen molar-refractivity contribution in [2.24, 2.45) is 0 Å². The quantitative estimate of drug-likeness (QED) is 0.877. The maximum atomic E-state index is 11.2. The topological polar surface area (TPSA) is 44.4 Å². The molecule has 1 aromatic rings. The third kappa shape index (κ3) is 3.89. The summed E-state index contributed by atoms with van der Waals surface area (Å²) in [6, 6.07) is 7.04. The van der Waals surface area contributed by atoms with Gasteiger partial charge in [-0.15, -0.1) is 0 Å². The summed E-state index contributed by atoms with van der Waals surface area (Å²) in [7, 11) is 0. The van der Waals surface area contributed by atoms with E-state index in [2.05, 4.69) is 27.7 Å². The Hall–Kier alpha value is -1.26.